The molecule has 2 aromatic rings. The molecular formula is C12H6F3NO2S. The Bertz CT molecular complexity index is 663. The minimum Gasteiger partial charge on any atom is -0.453 e. The second-order valence-electron chi connectivity index (χ2n) is 3.88. The van der Waals surface area contributed by atoms with Crippen LogP contribution in [0.2, 0.25) is 0 Å². The predicted molar refractivity (Wildman–Crippen MR) is 63.8 cm³/mol. The van der Waals surface area contributed by atoms with Crippen molar-refractivity contribution in [1.29, 1.82) is 0 Å². The summed E-state index contributed by atoms with van der Waals surface area (Å²) in [5.74, 6) is 0.0718. The van der Waals surface area contributed by atoms with Crippen molar-refractivity contribution in [2.24, 2.45) is 0 Å². The molecule has 0 unspecified atom stereocenters. The number of ether oxygens (including phenoxy) is 1. The van der Waals surface area contributed by atoms with Crippen molar-refractivity contribution >= 4 is 22.9 Å². The molecule has 98 valence electrons. The van der Waals surface area contributed by atoms with Gasteiger partial charge in [-0.25, -0.2) is 0 Å². The smallest absolute Gasteiger partial charge is 0.416 e. The molecular weight excluding hydrogens is 279 g/mol. The molecule has 1 aliphatic heterocycles. The van der Waals surface area contributed by atoms with Crippen LogP contribution < -0.4 is 10.1 Å². The number of carbonyl (C=O) groups excluding carboxylic acids is 1. The monoisotopic (exact) mass is 285 g/mol. The Labute approximate surface area is 109 Å². The number of nitrogens with one attached hydrogen (secondary N) is 1. The summed E-state index contributed by atoms with van der Waals surface area (Å²) in [4.78, 5) is 12.2. The molecule has 0 fully saturated rings. The SMILES string of the molecule is O=C1Nc2cc(C(F)(F)F)ccc2Oc2ccsc21. The van der Waals surface area contributed by atoms with Crippen molar-refractivity contribution in [3.05, 3.63) is 40.1 Å². The highest BCUT2D eigenvalue weighted by molar-refractivity contribution is 7.12. The number of amides is 1. The molecule has 1 aliphatic rings. The lowest BCUT2D eigenvalue weighted by Gasteiger charge is -2.11. The van der Waals surface area contributed by atoms with E-state index >= 15 is 0 Å². The van der Waals surface area contributed by atoms with Gasteiger partial charge < -0.3 is 10.1 Å². The van der Waals surface area contributed by atoms with Crippen LogP contribution in [0.1, 0.15) is 15.2 Å². The molecule has 0 saturated heterocycles. The Kier molecular flexibility index (Phi) is 2.53. The van der Waals surface area contributed by atoms with Gasteiger partial charge in [0.05, 0.1) is 11.3 Å². The largest absolute Gasteiger partial charge is 0.453 e. The van der Waals surface area contributed by atoms with Crippen molar-refractivity contribution in [3.63, 3.8) is 0 Å². The fourth-order valence-electron chi connectivity index (χ4n) is 1.73. The zero-order valence-corrected chi connectivity index (χ0v) is 10.1. The molecule has 1 N–H and O–H groups in total. The van der Waals surface area contributed by atoms with E-state index in [1.54, 1.807) is 11.4 Å². The summed E-state index contributed by atoms with van der Waals surface area (Å²) in [7, 11) is 0. The molecule has 0 aliphatic carbocycles. The highest BCUT2D eigenvalue weighted by atomic mass is 32.1. The second kappa shape index (κ2) is 3.99. The fraction of sp³-hybridized carbons (Fsp3) is 0.0833. The lowest BCUT2D eigenvalue weighted by molar-refractivity contribution is -0.137. The predicted octanol–water partition coefficient (Wildman–Crippen LogP) is 4.12. The number of benzene rings is 1. The highest BCUT2D eigenvalue weighted by Gasteiger charge is 2.32. The van der Waals surface area contributed by atoms with E-state index in [4.69, 9.17) is 4.74 Å². The second-order valence-corrected chi connectivity index (χ2v) is 4.79. The highest BCUT2D eigenvalue weighted by Crippen LogP contribution is 2.40. The van der Waals surface area contributed by atoms with Crippen LogP contribution in [-0.4, -0.2) is 5.91 Å². The van der Waals surface area contributed by atoms with Gasteiger partial charge >= 0.3 is 6.18 Å². The maximum Gasteiger partial charge on any atom is 0.416 e. The Morgan fingerprint density at radius 2 is 1.95 bits per heavy atom. The van der Waals surface area contributed by atoms with Crippen molar-refractivity contribution < 1.29 is 22.7 Å². The van der Waals surface area contributed by atoms with Gasteiger partial charge in [-0.05, 0) is 29.6 Å². The molecule has 3 rings (SSSR count). The summed E-state index contributed by atoms with van der Waals surface area (Å²) in [5, 5.41) is 4.10. The number of hydrogen-bond acceptors (Lipinski definition) is 3. The maximum absolute atomic E-state index is 12.6. The van der Waals surface area contributed by atoms with Crippen molar-refractivity contribution in [3.8, 4) is 11.5 Å². The van der Waals surface area contributed by atoms with E-state index in [1.807, 2.05) is 0 Å². The summed E-state index contributed by atoms with van der Waals surface area (Å²) < 4.78 is 43.3. The topological polar surface area (TPSA) is 38.3 Å². The first-order valence-electron chi connectivity index (χ1n) is 5.23. The third-order valence-corrected chi connectivity index (χ3v) is 3.50. The average Bonchev–Trinajstić information content (AvgIpc) is 2.73. The van der Waals surface area contributed by atoms with Crippen molar-refractivity contribution in [1.82, 2.24) is 0 Å². The molecule has 0 atom stereocenters. The van der Waals surface area contributed by atoms with Gasteiger partial charge in [-0.2, -0.15) is 13.2 Å². The van der Waals surface area contributed by atoms with Gasteiger partial charge in [-0.15, -0.1) is 11.3 Å². The number of halogens is 3. The molecule has 7 heteroatoms. The van der Waals surface area contributed by atoms with Crippen LogP contribution in [-0.2, 0) is 6.18 Å². The lowest BCUT2D eigenvalue weighted by Crippen LogP contribution is -2.10. The zero-order valence-electron chi connectivity index (χ0n) is 9.25. The van der Waals surface area contributed by atoms with Gasteiger partial charge in [-0.1, -0.05) is 0 Å². The van der Waals surface area contributed by atoms with Crippen LogP contribution in [0.3, 0.4) is 0 Å². The third-order valence-electron chi connectivity index (χ3n) is 2.61. The van der Waals surface area contributed by atoms with Crippen LogP contribution in [0.4, 0.5) is 18.9 Å². The number of fused-ring (bicyclic) bond motifs is 2. The Balaban J connectivity index is 2.08. The molecule has 1 aromatic heterocycles. The third kappa shape index (κ3) is 2.06. The van der Waals surface area contributed by atoms with E-state index in [-0.39, 0.29) is 11.4 Å². The molecule has 1 aromatic carbocycles. The van der Waals surface area contributed by atoms with Gasteiger partial charge in [0.1, 0.15) is 4.88 Å². The molecule has 3 nitrogen and oxygen atoms in total. The fourth-order valence-corrected chi connectivity index (χ4v) is 2.45. The minimum absolute atomic E-state index is 0.0169. The molecule has 2 heterocycles. The molecule has 19 heavy (non-hydrogen) atoms. The van der Waals surface area contributed by atoms with Crippen LogP contribution in [0.25, 0.3) is 0 Å². The molecule has 0 saturated carbocycles. The van der Waals surface area contributed by atoms with E-state index in [0.717, 1.165) is 12.1 Å². The first-order chi connectivity index (χ1) is 8.95. The van der Waals surface area contributed by atoms with Gasteiger partial charge in [0.15, 0.2) is 11.5 Å². The van der Waals surface area contributed by atoms with E-state index < -0.39 is 17.6 Å². The quantitative estimate of drug-likeness (QED) is 0.790. The first kappa shape index (κ1) is 12.0. The van der Waals surface area contributed by atoms with E-state index in [9.17, 15) is 18.0 Å². The van der Waals surface area contributed by atoms with Crippen molar-refractivity contribution in [2.75, 3.05) is 5.32 Å². The summed E-state index contributed by atoms with van der Waals surface area (Å²) in [5.41, 5.74) is -0.816. The Morgan fingerprint density at radius 3 is 2.68 bits per heavy atom. The number of carbonyl (C=O) groups is 1. The standard InChI is InChI=1S/C12H6F3NO2S/c13-12(14,15)6-1-2-8-7(5-6)16-11(17)10-9(18-8)3-4-19-10/h1-5H,(H,16,17). The number of thiophene rings is 1. The van der Waals surface area contributed by atoms with Gasteiger partial charge in [0.25, 0.3) is 5.91 Å². The summed E-state index contributed by atoms with van der Waals surface area (Å²) in [6.45, 7) is 0. The summed E-state index contributed by atoms with van der Waals surface area (Å²) in [6.07, 6.45) is -4.46. The van der Waals surface area contributed by atoms with Crippen LogP contribution in [0.5, 0.6) is 11.5 Å². The van der Waals surface area contributed by atoms with Crippen LogP contribution in [0, 0.1) is 0 Å². The number of hydrogen-bond donors (Lipinski definition) is 1. The summed E-state index contributed by atoms with van der Waals surface area (Å²) in [6, 6.07) is 4.59. The van der Waals surface area contributed by atoms with E-state index in [1.165, 1.54) is 17.4 Å². The zero-order chi connectivity index (χ0) is 13.6. The maximum atomic E-state index is 12.6. The van der Waals surface area contributed by atoms with Crippen molar-refractivity contribution in [2.45, 2.75) is 6.18 Å². The molecule has 0 spiro atoms. The normalized spacial score (nSPS) is 13.9. The molecule has 1 amide bonds. The van der Waals surface area contributed by atoms with Crippen LogP contribution >= 0.6 is 11.3 Å². The van der Waals surface area contributed by atoms with Crippen LogP contribution in [0.15, 0.2) is 29.6 Å². The van der Waals surface area contributed by atoms with Gasteiger partial charge in [0.2, 0.25) is 0 Å². The first-order valence-corrected chi connectivity index (χ1v) is 6.11. The number of alkyl halides is 3. The molecule has 0 bridgehead atoms. The number of anilines is 1. The van der Waals surface area contributed by atoms with E-state index in [0.29, 0.717) is 10.6 Å². The minimum atomic E-state index is -4.46. The van der Waals surface area contributed by atoms with Gasteiger partial charge in [0, 0.05) is 0 Å². The molecule has 0 radical (unpaired) electrons. The number of rotatable bonds is 0. The van der Waals surface area contributed by atoms with Gasteiger partial charge in [-0.3, -0.25) is 4.79 Å². The lowest BCUT2D eigenvalue weighted by atomic mass is 10.2. The Morgan fingerprint density at radius 1 is 1.16 bits per heavy atom. The summed E-state index contributed by atoms with van der Waals surface area (Å²) >= 11 is 1.17. The average molecular weight is 285 g/mol. The Hall–Kier alpha value is -2.02. The van der Waals surface area contributed by atoms with E-state index in [2.05, 4.69) is 5.32 Å².